The lowest BCUT2D eigenvalue weighted by Gasteiger charge is -2.26. The second-order valence-electron chi connectivity index (χ2n) is 3.90. The van der Waals surface area contributed by atoms with Crippen molar-refractivity contribution in [3.05, 3.63) is 0 Å². The zero-order valence-corrected chi connectivity index (χ0v) is 10.2. The fourth-order valence-corrected chi connectivity index (χ4v) is 1.26. The summed E-state index contributed by atoms with van der Waals surface area (Å²) in [4.78, 5) is 21.7. The van der Waals surface area contributed by atoms with Crippen LogP contribution in [0.25, 0.3) is 0 Å². The molecule has 0 bridgehead atoms. The van der Waals surface area contributed by atoms with E-state index in [1.54, 1.807) is 20.8 Å². The second kappa shape index (κ2) is 6.19. The molecule has 0 spiro atoms. The maximum Gasteiger partial charge on any atom is 0.508 e. The van der Waals surface area contributed by atoms with Gasteiger partial charge in [0.05, 0.1) is 14.2 Å². The van der Waals surface area contributed by atoms with Gasteiger partial charge >= 0.3 is 12.3 Å². The third-order valence-corrected chi connectivity index (χ3v) is 1.77. The maximum atomic E-state index is 10.9. The van der Waals surface area contributed by atoms with Gasteiger partial charge < -0.3 is 18.9 Å². The Kier molecular flexibility index (Phi) is 5.63. The second-order valence-corrected chi connectivity index (χ2v) is 3.90. The average molecular weight is 234 g/mol. The summed E-state index contributed by atoms with van der Waals surface area (Å²) in [7, 11) is 2.46. The molecule has 6 nitrogen and oxygen atoms in total. The van der Waals surface area contributed by atoms with Crippen molar-refractivity contribution in [1.82, 2.24) is 0 Å². The van der Waals surface area contributed by atoms with Gasteiger partial charge in [0.15, 0.2) is 0 Å². The largest absolute Gasteiger partial charge is 0.508 e. The van der Waals surface area contributed by atoms with Crippen LogP contribution in [0.4, 0.5) is 9.59 Å². The topological polar surface area (TPSA) is 71.1 Å². The van der Waals surface area contributed by atoms with Crippen LogP contribution in [0.15, 0.2) is 0 Å². The van der Waals surface area contributed by atoms with Gasteiger partial charge in [0, 0.05) is 6.42 Å². The molecule has 6 heteroatoms. The van der Waals surface area contributed by atoms with E-state index < -0.39 is 24.0 Å². The number of hydrogen-bond donors (Lipinski definition) is 0. The summed E-state index contributed by atoms with van der Waals surface area (Å²) >= 11 is 0. The molecule has 0 aliphatic carbocycles. The van der Waals surface area contributed by atoms with E-state index in [1.165, 1.54) is 14.2 Å². The third kappa shape index (κ3) is 6.10. The molecule has 16 heavy (non-hydrogen) atoms. The van der Waals surface area contributed by atoms with Gasteiger partial charge in [0.2, 0.25) is 0 Å². The van der Waals surface area contributed by atoms with Crippen LogP contribution < -0.4 is 0 Å². The van der Waals surface area contributed by atoms with Gasteiger partial charge in [-0.2, -0.15) is 0 Å². The molecule has 0 amide bonds. The van der Waals surface area contributed by atoms with Gasteiger partial charge in [0.1, 0.15) is 11.7 Å². The zero-order chi connectivity index (χ0) is 12.8. The molecule has 0 aromatic heterocycles. The van der Waals surface area contributed by atoms with Crippen molar-refractivity contribution in [1.29, 1.82) is 0 Å². The van der Waals surface area contributed by atoms with Gasteiger partial charge in [-0.3, -0.25) is 0 Å². The minimum Gasteiger partial charge on any atom is -0.438 e. The fraction of sp³-hybridized carbons (Fsp3) is 0.800. The standard InChI is InChI=1S/C10H18O6/c1-7(15-8(11)13-4)6-10(2,3)16-9(12)14-5/h7H,6H2,1-5H3. The molecular weight excluding hydrogens is 216 g/mol. The Hall–Kier alpha value is -1.46. The van der Waals surface area contributed by atoms with E-state index in [0.29, 0.717) is 6.42 Å². The van der Waals surface area contributed by atoms with Gasteiger partial charge in [-0.15, -0.1) is 0 Å². The van der Waals surface area contributed by atoms with Crippen LogP contribution in [0.2, 0.25) is 0 Å². The van der Waals surface area contributed by atoms with Crippen molar-refractivity contribution in [2.24, 2.45) is 0 Å². The van der Waals surface area contributed by atoms with Crippen LogP contribution in [-0.4, -0.2) is 38.2 Å². The van der Waals surface area contributed by atoms with Crippen LogP contribution in [0, 0.1) is 0 Å². The lowest BCUT2D eigenvalue weighted by atomic mass is 10.0. The first kappa shape index (κ1) is 14.5. The maximum absolute atomic E-state index is 10.9. The molecule has 0 aliphatic rings. The van der Waals surface area contributed by atoms with Crippen LogP contribution >= 0.6 is 0 Å². The Labute approximate surface area is 94.8 Å². The molecule has 0 aromatic rings. The Morgan fingerprint density at radius 2 is 1.62 bits per heavy atom. The SMILES string of the molecule is COC(=O)OC(C)CC(C)(C)OC(=O)OC. The summed E-state index contributed by atoms with van der Waals surface area (Å²) in [6, 6.07) is 0. The van der Waals surface area contributed by atoms with Crippen LogP contribution in [0.5, 0.6) is 0 Å². The van der Waals surface area contributed by atoms with Crippen LogP contribution in [0.1, 0.15) is 27.2 Å². The molecule has 0 saturated carbocycles. The summed E-state index contributed by atoms with van der Waals surface area (Å²) in [5, 5.41) is 0. The number of rotatable bonds is 4. The first-order valence-corrected chi connectivity index (χ1v) is 4.82. The highest BCUT2D eigenvalue weighted by molar-refractivity contribution is 5.60. The van der Waals surface area contributed by atoms with Crippen molar-refractivity contribution in [3.63, 3.8) is 0 Å². The van der Waals surface area contributed by atoms with E-state index in [4.69, 9.17) is 9.47 Å². The molecule has 0 N–H and O–H groups in total. The van der Waals surface area contributed by atoms with Crippen molar-refractivity contribution >= 4 is 12.3 Å². The van der Waals surface area contributed by atoms with E-state index in [1.807, 2.05) is 0 Å². The Bertz CT molecular complexity index is 248. The minimum absolute atomic E-state index is 0.344. The predicted octanol–water partition coefficient (Wildman–Crippen LogP) is 2.11. The highest BCUT2D eigenvalue weighted by Gasteiger charge is 2.27. The van der Waals surface area contributed by atoms with Crippen molar-refractivity contribution in [3.8, 4) is 0 Å². The molecule has 0 rings (SSSR count). The zero-order valence-electron chi connectivity index (χ0n) is 10.2. The van der Waals surface area contributed by atoms with Crippen molar-refractivity contribution < 1.29 is 28.5 Å². The molecule has 0 fully saturated rings. The van der Waals surface area contributed by atoms with Gasteiger partial charge in [-0.25, -0.2) is 9.59 Å². The molecule has 94 valence electrons. The first-order valence-electron chi connectivity index (χ1n) is 4.82. The van der Waals surface area contributed by atoms with E-state index in [0.717, 1.165) is 0 Å². The third-order valence-electron chi connectivity index (χ3n) is 1.77. The summed E-state index contributed by atoms with van der Waals surface area (Å²) in [5.41, 5.74) is -0.777. The van der Waals surface area contributed by atoms with E-state index in [-0.39, 0.29) is 0 Å². The van der Waals surface area contributed by atoms with Gasteiger partial charge in [0.25, 0.3) is 0 Å². The van der Waals surface area contributed by atoms with Crippen molar-refractivity contribution in [2.75, 3.05) is 14.2 Å². The molecule has 0 heterocycles. The molecule has 0 aliphatic heterocycles. The van der Waals surface area contributed by atoms with E-state index >= 15 is 0 Å². The van der Waals surface area contributed by atoms with Crippen LogP contribution in [-0.2, 0) is 18.9 Å². The van der Waals surface area contributed by atoms with E-state index in [2.05, 4.69) is 9.47 Å². The predicted molar refractivity (Wildman–Crippen MR) is 55.1 cm³/mol. The first-order chi connectivity index (χ1) is 7.30. The number of hydrogen-bond acceptors (Lipinski definition) is 6. The number of ether oxygens (including phenoxy) is 4. The lowest BCUT2D eigenvalue weighted by molar-refractivity contribution is -0.0391. The van der Waals surface area contributed by atoms with E-state index in [9.17, 15) is 9.59 Å². The summed E-state index contributed by atoms with van der Waals surface area (Å²) in [6.45, 7) is 5.07. The normalized spacial score (nSPS) is 12.6. The molecule has 0 radical (unpaired) electrons. The Morgan fingerprint density at radius 1 is 1.12 bits per heavy atom. The molecule has 1 unspecified atom stereocenters. The monoisotopic (exact) mass is 234 g/mol. The fourth-order valence-electron chi connectivity index (χ4n) is 1.26. The molecule has 0 aromatic carbocycles. The molecular formula is C10H18O6. The Morgan fingerprint density at radius 3 is 2.06 bits per heavy atom. The quantitative estimate of drug-likeness (QED) is 0.694. The van der Waals surface area contributed by atoms with Crippen LogP contribution in [0.3, 0.4) is 0 Å². The smallest absolute Gasteiger partial charge is 0.438 e. The number of carbonyl (C=O) groups excluding carboxylic acids is 2. The Balaban J connectivity index is 4.14. The highest BCUT2D eigenvalue weighted by atomic mass is 16.7. The number of methoxy groups -OCH3 is 2. The number of carbonyl (C=O) groups is 2. The van der Waals surface area contributed by atoms with Gasteiger partial charge in [-0.05, 0) is 20.8 Å². The molecule has 1 atom stereocenters. The average Bonchev–Trinajstić information content (AvgIpc) is 2.15. The summed E-state index contributed by atoms with van der Waals surface area (Å²) in [5.74, 6) is 0. The molecule has 0 saturated heterocycles. The van der Waals surface area contributed by atoms with Crippen molar-refractivity contribution in [2.45, 2.75) is 38.9 Å². The summed E-state index contributed by atoms with van der Waals surface area (Å²) < 4.78 is 18.6. The minimum atomic E-state index is -0.777. The lowest BCUT2D eigenvalue weighted by Crippen LogP contribution is -2.33. The highest BCUT2D eigenvalue weighted by Crippen LogP contribution is 2.19. The van der Waals surface area contributed by atoms with Gasteiger partial charge in [-0.1, -0.05) is 0 Å². The summed E-state index contributed by atoms with van der Waals surface area (Å²) in [6.07, 6.45) is -1.61.